The monoisotopic (exact) mass is 397 g/mol. The number of rotatable bonds is 6. The molecule has 2 heterocycles. The van der Waals surface area contributed by atoms with Crippen molar-refractivity contribution in [2.24, 2.45) is 0 Å². The van der Waals surface area contributed by atoms with Gasteiger partial charge in [0.1, 0.15) is 10.2 Å². The average Bonchev–Trinajstić information content (AvgIpc) is 3.00. The molecule has 0 aliphatic heterocycles. The highest BCUT2D eigenvalue weighted by atomic mass is 35.5. The van der Waals surface area contributed by atoms with Gasteiger partial charge in [0.05, 0.1) is 11.5 Å². The quantitative estimate of drug-likeness (QED) is 0.470. The number of thioether (sulfide) groups is 1. The van der Waals surface area contributed by atoms with Crippen molar-refractivity contribution >= 4 is 38.8 Å². The third kappa shape index (κ3) is 3.39. The van der Waals surface area contributed by atoms with E-state index in [1.807, 2.05) is 0 Å². The second-order valence-corrected chi connectivity index (χ2v) is 8.27. The van der Waals surface area contributed by atoms with Crippen molar-refractivity contribution in [2.75, 3.05) is 20.0 Å². The number of fused-ring (bicyclic) bond motifs is 1. The summed E-state index contributed by atoms with van der Waals surface area (Å²) in [5.41, 5.74) is 0.878. The van der Waals surface area contributed by atoms with Crippen molar-refractivity contribution in [3.8, 4) is 0 Å². The fourth-order valence-electron chi connectivity index (χ4n) is 2.41. The molecule has 25 heavy (non-hydrogen) atoms. The van der Waals surface area contributed by atoms with Crippen LogP contribution in [0.15, 0.2) is 51.2 Å². The van der Waals surface area contributed by atoms with Gasteiger partial charge < -0.3 is 4.74 Å². The fraction of sp³-hybridized carbons (Fsp3) is 0.250. The summed E-state index contributed by atoms with van der Waals surface area (Å²) >= 11 is 7.54. The lowest BCUT2D eigenvalue weighted by Gasteiger charge is -2.06. The summed E-state index contributed by atoms with van der Waals surface area (Å²) in [6.45, 7) is 0.462. The van der Waals surface area contributed by atoms with Crippen LogP contribution in [-0.2, 0) is 21.0 Å². The Bertz CT molecular complexity index is 1000. The van der Waals surface area contributed by atoms with Gasteiger partial charge in [-0.1, -0.05) is 29.8 Å². The van der Waals surface area contributed by atoms with E-state index < -0.39 is 9.84 Å². The van der Waals surface area contributed by atoms with Gasteiger partial charge in [-0.05, 0) is 24.5 Å². The van der Waals surface area contributed by atoms with Crippen LogP contribution < -0.4 is 0 Å². The van der Waals surface area contributed by atoms with Crippen molar-refractivity contribution in [3.63, 3.8) is 0 Å². The predicted molar refractivity (Wildman–Crippen MR) is 97.3 cm³/mol. The number of benzene rings is 1. The maximum Gasteiger partial charge on any atom is 0.213 e. The van der Waals surface area contributed by atoms with Crippen LogP contribution >= 0.6 is 23.4 Å². The number of ether oxygens (including phenoxy) is 1. The normalized spacial score (nSPS) is 12.0. The van der Waals surface area contributed by atoms with Crippen molar-refractivity contribution in [3.05, 3.63) is 47.2 Å². The van der Waals surface area contributed by atoms with Crippen LogP contribution in [0.25, 0.3) is 5.65 Å². The first-order valence-corrected chi connectivity index (χ1v) is 10.5. The molecule has 0 saturated carbocycles. The molecule has 0 amide bonds. The van der Waals surface area contributed by atoms with E-state index in [1.165, 1.54) is 16.3 Å². The summed E-state index contributed by atoms with van der Waals surface area (Å²) in [6, 6.07) is 9.91. The molecule has 132 valence electrons. The minimum Gasteiger partial charge on any atom is -0.384 e. The van der Waals surface area contributed by atoms with Crippen LogP contribution in [0.2, 0.25) is 5.15 Å². The first kappa shape index (κ1) is 18.2. The van der Waals surface area contributed by atoms with E-state index in [0.29, 0.717) is 28.9 Å². The smallest absolute Gasteiger partial charge is 0.213 e. The Hall–Kier alpha value is -1.61. The SMILES string of the molecule is COCCc1cc(Cl)n2nc(SC)c(S(=O)(=O)c3ccccc3)c2n1. The first-order valence-electron chi connectivity index (χ1n) is 7.40. The highest BCUT2D eigenvalue weighted by molar-refractivity contribution is 7.99. The Morgan fingerprint density at radius 1 is 1.28 bits per heavy atom. The lowest BCUT2D eigenvalue weighted by Crippen LogP contribution is -2.06. The molecule has 0 saturated heterocycles. The molecule has 0 unspecified atom stereocenters. The third-order valence-electron chi connectivity index (χ3n) is 3.60. The van der Waals surface area contributed by atoms with Gasteiger partial charge in [0.2, 0.25) is 9.84 Å². The molecule has 0 radical (unpaired) electrons. The Morgan fingerprint density at radius 3 is 2.64 bits per heavy atom. The van der Waals surface area contributed by atoms with Crippen molar-refractivity contribution in [1.82, 2.24) is 14.6 Å². The summed E-state index contributed by atoms with van der Waals surface area (Å²) < 4.78 is 32.7. The fourth-order valence-corrected chi connectivity index (χ4v) is 5.07. The van der Waals surface area contributed by atoms with E-state index in [4.69, 9.17) is 16.3 Å². The van der Waals surface area contributed by atoms with Gasteiger partial charge in [0.15, 0.2) is 10.5 Å². The van der Waals surface area contributed by atoms with E-state index >= 15 is 0 Å². The molecule has 0 bridgehead atoms. The number of methoxy groups -OCH3 is 1. The number of nitrogens with zero attached hydrogens (tertiary/aromatic N) is 3. The zero-order valence-corrected chi connectivity index (χ0v) is 16.0. The Balaban J connectivity index is 2.27. The zero-order valence-electron chi connectivity index (χ0n) is 13.6. The van der Waals surface area contributed by atoms with Gasteiger partial charge in [-0.15, -0.1) is 11.8 Å². The number of hydrogen-bond donors (Lipinski definition) is 0. The average molecular weight is 398 g/mol. The second-order valence-electron chi connectivity index (χ2n) is 5.20. The Kier molecular flexibility index (Phi) is 5.33. The van der Waals surface area contributed by atoms with Gasteiger partial charge in [-0.2, -0.15) is 5.10 Å². The highest BCUT2D eigenvalue weighted by Gasteiger charge is 2.29. The van der Waals surface area contributed by atoms with Gasteiger partial charge in [-0.3, -0.25) is 0 Å². The topological polar surface area (TPSA) is 73.6 Å². The molecule has 0 fully saturated rings. The van der Waals surface area contributed by atoms with E-state index in [0.717, 1.165) is 0 Å². The van der Waals surface area contributed by atoms with Gasteiger partial charge in [0, 0.05) is 19.2 Å². The standard InChI is InChI=1S/C16H16ClN3O3S2/c1-23-9-8-11-10-13(17)20-15(18-11)14(16(19-20)24-2)25(21,22)12-6-4-3-5-7-12/h3-7,10H,8-9H2,1-2H3. The van der Waals surface area contributed by atoms with Gasteiger partial charge in [-0.25, -0.2) is 17.9 Å². The third-order valence-corrected chi connectivity index (χ3v) is 6.48. The number of hydrogen-bond acceptors (Lipinski definition) is 6. The number of halogens is 1. The molecule has 0 spiro atoms. The first-order chi connectivity index (χ1) is 12.0. The molecule has 0 aliphatic rings. The van der Waals surface area contributed by atoms with E-state index in [-0.39, 0.29) is 15.4 Å². The summed E-state index contributed by atoms with van der Waals surface area (Å²) in [6.07, 6.45) is 2.29. The number of aromatic nitrogens is 3. The minimum absolute atomic E-state index is 0.0763. The van der Waals surface area contributed by atoms with Crippen molar-refractivity contribution in [2.45, 2.75) is 21.2 Å². The van der Waals surface area contributed by atoms with Crippen LogP contribution in [-0.4, -0.2) is 43.0 Å². The van der Waals surface area contributed by atoms with Crippen LogP contribution in [0.5, 0.6) is 0 Å². The lowest BCUT2D eigenvalue weighted by atomic mass is 10.3. The van der Waals surface area contributed by atoms with Crippen LogP contribution in [0, 0.1) is 0 Å². The molecule has 0 aliphatic carbocycles. The molecule has 6 nitrogen and oxygen atoms in total. The maximum absolute atomic E-state index is 13.2. The van der Waals surface area contributed by atoms with Gasteiger partial charge in [0.25, 0.3) is 0 Å². The summed E-state index contributed by atoms with van der Waals surface area (Å²) in [4.78, 5) is 4.75. The maximum atomic E-state index is 13.2. The molecule has 0 atom stereocenters. The van der Waals surface area contributed by atoms with Crippen molar-refractivity contribution in [1.29, 1.82) is 0 Å². The summed E-state index contributed by atoms with van der Waals surface area (Å²) in [5.74, 6) is 0. The van der Waals surface area contributed by atoms with Gasteiger partial charge >= 0.3 is 0 Å². The van der Waals surface area contributed by atoms with E-state index in [1.54, 1.807) is 49.8 Å². The van der Waals surface area contributed by atoms with E-state index in [2.05, 4.69) is 10.1 Å². The van der Waals surface area contributed by atoms with E-state index in [9.17, 15) is 8.42 Å². The number of sulfone groups is 1. The van der Waals surface area contributed by atoms with Crippen LogP contribution in [0.4, 0.5) is 0 Å². The molecule has 9 heteroatoms. The second kappa shape index (κ2) is 7.33. The predicted octanol–water partition coefficient (Wildman–Crippen LogP) is 3.13. The highest BCUT2D eigenvalue weighted by Crippen LogP contribution is 2.33. The molecular formula is C16H16ClN3O3S2. The molecule has 3 rings (SSSR count). The molecule has 1 aromatic carbocycles. The minimum atomic E-state index is -3.78. The molecule has 3 aromatic rings. The lowest BCUT2D eigenvalue weighted by molar-refractivity contribution is 0.201. The molecular weight excluding hydrogens is 382 g/mol. The molecule has 2 aromatic heterocycles. The Labute approximate surface area is 155 Å². The summed E-state index contributed by atoms with van der Waals surface area (Å²) in [7, 11) is -2.18. The van der Waals surface area contributed by atoms with Crippen molar-refractivity contribution < 1.29 is 13.2 Å². The zero-order chi connectivity index (χ0) is 18.0. The van der Waals surface area contributed by atoms with Crippen LogP contribution in [0.1, 0.15) is 5.69 Å². The Morgan fingerprint density at radius 2 is 2.00 bits per heavy atom. The molecule has 0 N–H and O–H groups in total. The largest absolute Gasteiger partial charge is 0.384 e. The summed E-state index contributed by atoms with van der Waals surface area (Å²) in [5, 5.41) is 4.99. The van der Waals surface area contributed by atoms with Crippen LogP contribution in [0.3, 0.4) is 0 Å².